The Kier molecular flexibility index (Phi) is 13.7. The lowest BCUT2D eigenvalue weighted by Gasteiger charge is -2.00. The molecule has 0 aliphatic heterocycles. The first-order chi connectivity index (χ1) is 12.3. The molecule has 1 fully saturated rings. The van der Waals surface area contributed by atoms with E-state index in [1.54, 1.807) is 0 Å². The molecule has 0 aromatic rings. The zero-order chi connectivity index (χ0) is 18.0. The van der Waals surface area contributed by atoms with Gasteiger partial charge in [0.05, 0.1) is 0 Å². The highest BCUT2D eigenvalue weighted by Gasteiger charge is 2.22. The van der Waals surface area contributed by atoms with Gasteiger partial charge in [0, 0.05) is 12.5 Å². The van der Waals surface area contributed by atoms with Gasteiger partial charge in [-0.3, -0.25) is 4.79 Å². The van der Waals surface area contributed by atoms with Crippen LogP contribution >= 0.6 is 0 Å². The molecule has 0 atom stereocenters. The summed E-state index contributed by atoms with van der Waals surface area (Å²) in [5, 5.41) is 3.02. The molecule has 1 aliphatic carbocycles. The first-order valence-electron chi connectivity index (χ1n) is 10.2. The third kappa shape index (κ3) is 15.7. The first kappa shape index (κ1) is 21.5. The molecule has 140 valence electrons. The van der Waals surface area contributed by atoms with Crippen molar-refractivity contribution in [2.45, 2.75) is 90.0 Å². The molecule has 1 N–H and O–H groups in total. The zero-order valence-electron chi connectivity index (χ0n) is 16.1. The molecule has 1 aliphatic rings. The summed E-state index contributed by atoms with van der Waals surface area (Å²) in [6.07, 6.45) is 31.0. The summed E-state index contributed by atoms with van der Waals surface area (Å²) in [6.45, 7) is 2.24. The number of unbranched alkanes of at least 4 members (excludes halogenated alkanes) is 4. The van der Waals surface area contributed by atoms with Crippen molar-refractivity contribution < 1.29 is 4.79 Å². The summed E-state index contributed by atoms with van der Waals surface area (Å²) >= 11 is 0. The number of allylic oxidation sites excluding steroid dienone is 8. The van der Waals surface area contributed by atoms with Crippen molar-refractivity contribution in [2.24, 2.45) is 0 Å². The fourth-order valence-electron chi connectivity index (χ4n) is 2.47. The average molecular weight is 344 g/mol. The number of nitrogens with one attached hydrogen (secondary N) is 1. The van der Waals surface area contributed by atoms with Crippen molar-refractivity contribution in [1.82, 2.24) is 5.32 Å². The van der Waals surface area contributed by atoms with E-state index in [9.17, 15) is 4.79 Å². The highest BCUT2D eigenvalue weighted by atomic mass is 16.1. The van der Waals surface area contributed by atoms with E-state index in [1.807, 2.05) is 0 Å². The molecule has 0 bridgehead atoms. The van der Waals surface area contributed by atoms with Crippen LogP contribution in [0.1, 0.15) is 84.0 Å². The van der Waals surface area contributed by atoms with Crippen LogP contribution in [0.25, 0.3) is 0 Å². The number of hydrogen-bond donors (Lipinski definition) is 1. The molecule has 0 saturated heterocycles. The fraction of sp³-hybridized carbons (Fsp3) is 0.609. The Balaban J connectivity index is 1.86. The molecule has 0 radical (unpaired) electrons. The second kappa shape index (κ2) is 15.9. The van der Waals surface area contributed by atoms with E-state index >= 15 is 0 Å². The van der Waals surface area contributed by atoms with E-state index < -0.39 is 0 Å². The van der Waals surface area contributed by atoms with Gasteiger partial charge >= 0.3 is 0 Å². The number of carbonyl (C=O) groups excluding carboxylic acids is 1. The van der Waals surface area contributed by atoms with Crippen LogP contribution in [0.2, 0.25) is 0 Å². The number of amides is 1. The van der Waals surface area contributed by atoms with Gasteiger partial charge in [-0.05, 0) is 57.8 Å². The zero-order valence-corrected chi connectivity index (χ0v) is 16.1. The lowest BCUT2D eigenvalue weighted by atomic mass is 10.2. The van der Waals surface area contributed by atoms with Crippen molar-refractivity contribution in [1.29, 1.82) is 0 Å². The Bertz CT molecular complexity index is 441. The summed E-state index contributed by atoms with van der Waals surface area (Å²) in [7, 11) is 0. The van der Waals surface area contributed by atoms with Crippen LogP contribution in [0, 0.1) is 0 Å². The van der Waals surface area contributed by atoms with E-state index in [-0.39, 0.29) is 5.91 Å². The topological polar surface area (TPSA) is 29.1 Å². The van der Waals surface area contributed by atoms with Crippen molar-refractivity contribution in [3.63, 3.8) is 0 Å². The van der Waals surface area contributed by atoms with Crippen molar-refractivity contribution in [3.05, 3.63) is 48.6 Å². The SMILES string of the molecule is CCCCC/C=C/C/C=C/C/C=C\C/C=C/CCCC(=O)NC1CC1. The van der Waals surface area contributed by atoms with Gasteiger partial charge in [-0.25, -0.2) is 0 Å². The number of carbonyl (C=O) groups is 1. The highest BCUT2D eigenvalue weighted by molar-refractivity contribution is 5.76. The third-order valence-corrected chi connectivity index (χ3v) is 4.17. The van der Waals surface area contributed by atoms with Gasteiger partial charge in [0.1, 0.15) is 0 Å². The quantitative estimate of drug-likeness (QED) is 0.270. The minimum Gasteiger partial charge on any atom is -0.353 e. The molecule has 25 heavy (non-hydrogen) atoms. The first-order valence-corrected chi connectivity index (χ1v) is 10.2. The van der Waals surface area contributed by atoms with E-state index in [0.717, 1.165) is 32.1 Å². The maximum absolute atomic E-state index is 11.5. The van der Waals surface area contributed by atoms with Gasteiger partial charge in [0.25, 0.3) is 0 Å². The predicted octanol–water partition coefficient (Wildman–Crippen LogP) is 6.41. The van der Waals surface area contributed by atoms with Crippen LogP contribution in [0.3, 0.4) is 0 Å². The second-order valence-corrected chi connectivity index (χ2v) is 6.82. The van der Waals surface area contributed by atoms with Crippen LogP contribution < -0.4 is 5.32 Å². The van der Waals surface area contributed by atoms with E-state index in [1.165, 1.54) is 38.5 Å². The molecule has 0 aromatic heterocycles. The summed E-state index contributed by atoms with van der Waals surface area (Å²) in [4.78, 5) is 11.5. The minimum absolute atomic E-state index is 0.221. The highest BCUT2D eigenvalue weighted by Crippen LogP contribution is 2.18. The molecule has 2 nitrogen and oxygen atoms in total. The van der Waals surface area contributed by atoms with Gasteiger partial charge in [-0.15, -0.1) is 0 Å². The maximum atomic E-state index is 11.5. The van der Waals surface area contributed by atoms with Crippen LogP contribution in [-0.4, -0.2) is 11.9 Å². The van der Waals surface area contributed by atoms with Crippen molar-refractivity contribution >= 4 is 5.91 Å². The number of hydrogen-bond acceptors (Lipinski definition) is 1. The normalized spacial score (nSPS) is 15.2. The summed E-state index contributed by atoms with van der Waals surface area (Å²) in [5.41, 5.74) is 0. The molecular weight excluding hydrogens is 306 g/mol. The van der Waals surface area contributed by atoms with E-state index in [0.29, 0.717) is 12.5 Å². The van der Waals surface area contributed by atoms with Gasteiger partial charge in [-0.1, -0.05) is 68.4 Å². The smallest absolute Gasteiger partial charge is 0.220 e. The van der Waals surface area contributed by atoms with Gasteiger partial charge in [0.2, 0.25) is 5.91 Å². The van der Waals surface area contributed by atoms with Crippen molar-refractivity contribution in [2.75, 3.05) is 0 Å². The minimum atomic E-state index is 0.221. The van der Waals surface area contributed by atoms with Gasteiger partial charge < -0.3 is 5.32 Å². The summed E-state index contributed by atoms with van der Waals surface area (Å²) < 4.78 is 0. The Hall–Kier alpha value is -1.57. The van der Waals surface area contributed by atoms with E-state index in [4.69, 9.17) is 0 Å². The molecule has 2 heteroatoms. The second-order valence-electron chi connectivity index (χ2n) is 6.82. The molecular formula is C23H37NO. The predicted molar refractivity (Wildman–Crippen MR) is 110 cm³/mol. The largest absolute Gasteiger partial charge is 0.353 e. The molecule has 0 heterocycles. The monoisotopic (exact) mass is 343 g/mol. The molecule has 1 saturated carbocycles. The third-order valence-electron chi connectivity index (χ3n) is 4.17. The summed E-state index contributed by atoms with van der Waals surface area (Å²) in [6, 6.07) is 0.490. The Labute approximate surface area is 155 Å². The fourth-order valence-corrected chi connectivity index (χ4v) is 2.47. The molecule has 0 aromatic carbocycles. The standard InChI is InChI=1S/C23H37NO/c1-2-3-4-5-6-7-8-9-10-11-12-13-14-15-16-17-18-19-23(25)24-22-20-21-22/h6-7,9-10,12-13,15-16,22H,2-5,8,11,14,17-21H2,1H3,(H,24,25)/b7-6+,10-9+,13-12-,16-15+. The molecule has 0 unspecified atom stereocenters. The molecule has 1 rings (SSSR count). The van der Waals surface area contributed by atoms with Gasteiger partial charge in [0.15, 0.2) is 0 Å². The Morgan fingerprint density at radius 1 is 0.800 bits per heavy atom. The molecule has 0 spiro atoms. The van der Waals surface area contributed by atoms with Crippen LogP contribution in [0.15, 0.2) is 48.6 Å². The number of rotatable bonds is 15. The summed E-state index contributed by atoms with van der Waals surface area (Å²) in [5.74, 6) is 0.221. The lowest BCUT2D eigenvalue weighted by Crippen LogP contribution is -2.24. The van der Waals surface area contributed by atoms with Gasteiger partial charge in [-0.2, -0.15) is 0 Å². The van der Waals surface area contributed by atoms with Crippen molar-refractivity contribution in [3.8, 4) is 0 Å². The Morgan fingerprint density at radius 3 is 1.84 bits per heavy atom. The van der Waals surface area contributed by atoms with Crippen LogP contribution in [-0.2, 0) is 4.79 Å². The molecule has 1 amide bonds. The van der Waals surface area contributed by atoms with E-state index in [2.05, 4.69) is 60.8 Å². The lowest BCUT2D eigenvalue weighted by molar-refractivity contribution is -0.121. The Morgan fingerprint density at radius 2 is 1.32 bits per heavy atom. The van der Waals surface area contributed by atoms with Crippen LogP contribution in [0.4, 0.5) is 0 Å². The van der Waals surface area contributed by atoms with Crippen LogP contribution in [0.5, 0.6) is 0 Å². The maximum Gasteiger partial charge on any atom is 0.220 e. The average Bonchev–Trinajstić information content (AvgIpc) is 3.41.